The second-order valence-electron chi connectivity index (χ2n) is 3.64. The molecule has 1 aromatic carbocycles. The summed E-state index contributed by atoms with van der Waals surface area (Å²) < 4.78 is 0.890. The molecule has 4 nitrogen and oxygen atoms in total. The van der Waals surface area contributed by atoms with Crippen molar-refractivity contribution in [2.45, 2.75) is 5.85 Å². The number of rotatable bonds is 3. The molecule has 1 atom stereocenters. The van der Waals surface area contributed by atoms with Gasteiger partial charge in [-0.2, -0.15) is 5.43 Å². The van der Waals surface area contributed by atoms with Gasteiger partial charge in [0.25, 0.3) is 0 Å². The molecular weight excluding hydrogens is 302 g/mol. The molecule has 0 aliphatic carbocycles. The molecule has 1 saturated heterocycles. The van der Waals surface area contributed by atoms with E-state index < -0.39 is 5.85 Å². The van der Waals surface area contributed by atoms with Crippen molar-refractivity contribution in [2.24, 2.45) is 0 Å². The van der Waals surface area contributed by atoms with Gasteiger partial charge in [-0.25, -0.2) is 0 Å². The van der Waals surface area contributed by atoms with Crippen molar-refractivity contribution in [3.05, 3.63) is 47.0 Å². The molecule has 1 heterocycles. The van der Waals surface area contributed by atoms with Crippen LogP contribution in [0, 0.1) is 0 Å². The second-order valence-corrected chi connectivity index (χ2v) is 4.94. The zero-order valence-electron chi connectivity index (χ0n) is 8.98. The fourth-order valence-corrected chi connectivity index (χ4v) is 2.36. The van der Waals surface area contributed by atoms with Gasteiger partial charge in [-0.3, -0.25) is 10.3 Å². The predicted molar refractivity (Wildman–Crippen MR) is 73.8 cm³/mol. The third kappa shape index (κ3) is 2.21. The van der Waals surface area contributed by atoms with E-state index in [1.165, 1.54) is 0 Å². The fraction of sp³-hybridized carbons (Fsp3) is 0.182. The molecule has 0 aromatic heterocycles. The zero-order chi connectivity index (χ0) is 12.5. The average molecular weight is 314 g/mol. The van der Waals surface area contributed by atoms with E-state index >= 15 is 0 Å². The highest BCUT2D eigenvalue weighted by Crippen LogP contribution is 2.27. The molecular formula is C11H12BrN3OS. The number of thiocarbonyl (C=S) groups is 1. The molecule has 0 bridgehead atoms. The van der Waals surface area contributed by atoms with Crippen molar-refractivity contribution in [3.63, 3.8) is 0 Å². The van der Waals surface area contributed by atoms with Crippen molar-refractivity contribution in [2.75, 3.05) is 6.54 Å². The number of halogens is 1. The summed E-state index contributed by atoms with van der Waals surface area (Å²) in [6.45, 7) is 4.10. The molecule has 0 amide bonds. The van der Waals surface area contributed by atoms with Gasteiger partial charge < -0.3 is 5.11 Å². The average Bonchev–Trinajstić information content (AvgIpc) is 2.59. The van der Waals surface area contributed by atoms with Gasteiger partial charge in [-0.1, -0.05) is 34.1 Å². The first-order valence-electron chi connectivity index (χ1n) is 5.02. The first kappa shape index (κ1) is 12.5. The number of benzene rings is 1. The molecule has 17 heavy (non-hydrogen) atoms. The van der Waals surface area contributed by atoms with Crippen LogP contribution >= 0.6 is 28.1 Å². The third-order valence-electron chi connectivity index (χ3n) is 2.52. The molecule has 90 valence electrons. The Morgan fingerprint density at radius 3 is 3.00 bits per heavy atom. The topological polar surface area (TPSA) is 47.5 Å². The predicted octanol–water partition coefficient (Wildman–Crippen LogP) is 1.43. The highest BCUT2D eigenvalue weighted by Gasteiger charge is 2.42. The van der Waals surface area contributed by atoms with Crippen LogP contribution in [0.4, 0.5) is 0 Å². The molecule has 0 unspecified atom stereocenters. The van der Waals surface area contributed by atoms with Crippen molar-refractivity contribution in [1.82, 2.24) is 15.8 Å². The van der Waals surface area contributed by atoms with Crippen LogP contribution < -0.4 is 10.9 Å². The van der Waals surface area contributed by atoms with Crippen LogP contribution in [0.1, 0.15) is 5.56 Å². The molecule has 1 aliphatic heterocycles. The molecule has 0 saturated carbocycles. The maximum atomic E-state index is 10.6. The minimum atomic E-state index is -1.35. The molecule has 0 radical (unpaired) electrons. The van der Waals surface area contributed by atoms with Crippen LogP contribution in [0.2, 0.25) is 0 Å². The van der Waals surface area contributed by atoms with E-state index in [1.54, 1.807) is 11.0 Å². The quantitative estimate of drug-likeness (QED) is 0.582. The van der Waals surface area contributed by atoms with Crippen molar-refractivity contribution < 1.29 is 5.11 Å². The Bertz CT molecular complexity index is 468. The maximum absolute atomic E-state index is 10.6. The molecule has 1 aliphatic rings. The van der Waals surface area contributed by atoms with Gasteiger partial charge in [-0.05, 0) is 24.4 Å². The number of hydrazine groups is 1. The molecule has 6 heteroatoms. The Morgan fingerprint density at radius 2 is 2.35 bits per heavy atom. The van der Waals surface area contributed by atoms with Gasteiger partial charge in [0.15, 0.2) is 5.11 Å². The van der Waals surface area contributed by atoms with E-state index in [2.05, 4.69) is 33.4 Å². The summed E-state index contributed by atoms with van der Waals surface area (Å²) >= 11 is 8.50. The van der Waals surface area contributed by atoms with E-state index in [9.17, 15) is 5.11 Å². The highest BCUT2D eigenvalue weighted by atomic mass is 79.9. The van der Waals surface area contributed by atoms with E-state index in [-0.39, 0.29) is 0 Å². The SMILES string of the molecule is C=CCN1C(=S)NN[C@]1(O)c1cccc(Br)c1. The van der Waals surface area contributed by atoms with Gasteiger partial charge >= 0.3 is 0 Å². The minimum Gasteiger partial charge on any atom is -0.353 e. The summed E-state index contributed by atoms with van der Waals surface area (Å²) in [5.74, 6) is -1.35. The minimum absolute atomic E-state index is 0.437. The Hall–Kier alpha value is -0.950. The monoisotopic (exact) mass is 313 g/mol. The lowest BCUT2D eigenvalue weighted by atomic mass is 10.1. The van der Waals surface area contributed by atoms with Crippen LogP contribution in [0.5, 0.6) is 0 Å². The Balaban J connectivity index is 2.40. The Labute approximate surface area is 113 Å². The number of nitrogens with zero attached hydrogens (tertiary/aromatic N) is 1. The molecule has 1 fully saturated rings. The summed E-state index contributed by atoms with van der Waals surface area (Å²) in [4.78, 5) is 1.62. The summed E-state index contributed by atoms with van der Waals surface area (Å²) in [7, 11) is 0. The van der Waals surface area contributed by atoms with Gasteiger partial charge in [0, 0.05) is 16.6 Å². The fourth-order valence-electron chi connectivity index (χ4n) is 1.70. The molecule has 2 rings (SSSR count). The lowest BCUT2D eigenvalue weighted by Gasteiger charge is -2.32. The Morgan fingerprint density at radius 1 is 1.59 bits per heavy atom. The number of hydrogen-bond acceptors (Lipinski definition) is 3. The van der Waals surface area contributed by atoms with Crippen LogP contribution in [0.25, 0.3) is 0 Å². The van der Waals surface area contributed by atoms with E-state index in [0.29, 0.717) is 17.2 Å². The zero-order valence-corrected chi connectivity index (χ0v) is 11.4. The maximum Gasteiger partial charge on any atom is 0.242 e. The van der Waals surface area contributed by atoms with E-state index in [0.717, 1.165) is 4.47 Å². The molecule has 1 aromatic rings. The van der Waals surface area contributed by atoms with Gasteiger partial charge in [0.2, 0.25) is 5.85 Å². The van der Waals surface area contributed by atoms with Crippen molar-refractivity contribution >= 4 is 33.3 Å². The first-order valence-corrected chi connectivity index (χ1v) is 6.22. The lowest BCUT2D eigenvalue weighted by Crippen LogP contribution is -2.49. The van der Waals surface area contributed by atoms with Gasteiger partial charge in [0.1, 0.15) is 0 Å². The standard InChI is InChI=1S/C11H12BrN3OS/c1-2-6-15-10(17)13-14-11(15,16)8-4-3-5-9(12)7-8/h2-5,7,14,16H,1,6H2,(H,13,17)/t11-/m1/s1. The van der Waals surface area contributed by atoms with Crippen LogP contribution in [-0.4, -0.2) is 21.7 Å². The van der Waals surface area contributed by atoms with E-state index in [1.807, 2.05) is 24.3 Å². The third-order valence-corrected chi connectivity index (χ3v) is 3.33. The molecule has 0 spiro atoms. The normalized spacial score (nSPS) is 23.6. The number of nitrogens with one attached hydrogen (secondary N) is 2. The van der Waals surface area contributed by atoms with Crippen LogP contribution in [0.15, 0.2) is 41.4 Å². The molecule has 3 N–H and O–H groups in total. The highest BCUT2D eigenvalue weighted by molar-refractivity contribution is 9.10. The Kier molecular flexibility index (Phi) is 3.48. The van der Waals surface area contributed by atoms with Crippen molar-refractivity contribution in [3.8, 4) is 0 Å². The smallest absolute Gasteiger partial charge is 0.242 e. The first-order chi connectivity index (χ1) is 8.08. The van der Waals surface area contributed by atoms with Crippen molar-refractivity contribution in [1.29, 1.82) is 0 Å². The summed E-state index contributed by atoms with van der Waals surface area (Å²) in [6, 6.07) is 7.40. The lowest BCUT2D eigenvalue weighted by molar-refractivity contribution is -0.0842. The van der Waals surface area contributed by atoms with Gasteiger partial charge in [0.05, 0.1) is 0 Å². The summed E-state index contributed by atoms with van der Waals surface area (Å²) in [5, 5.41) is 11.1. The van der Waals surface area contributed by atoms with Gasteiger partial charge in [-0.15, -0.1) is 6.58 Å². The van der Waals surface area contributed by atoms with Crippen LogP contribution in [0.3, 0.4) is 0 Å². The largest absolute Gasteiger partial charge is 0.353 e. The van der Waals surface area contributed by atoms with Crippen LogP contribution in [-0.2, 0) is 5.85 Å². The number of aliphatic hydroxyl groups is 1. The summed E-state index contributed by atoms with van der Waals surface area (Å²) in [5.41, 5.74) is 6.24. The number of hydrogen-bond donors (Lipinski definition) is 3. The second kappa shape index (κ2) is 4.73. The van der Waals surface area contributed by atoms with E-state index in [4.69, 9.17) is 12.2 Å². The summed E-state index contributed by atoms with van der Waals surface area (Å²) in [6.07, 6.45) is 1.68.